The lowest BCUT2D eigenvalue weighted by Crippen LogP contribution is -2.50. The highest BCUT2D eigenvalue weighted by Crippen LogP contribution is 2.31. The summed E-state index contributed by atoms with van der Waals surface area (Å²) in [5.74, 6) is 0.523. The third kappa shape index (κ3) is 3.42. The molecule has 1 aliphatic heterocycles. The quantitative estimate of drug-likeness (QED) is 0.929. The van der Waals surface area contributed by atoms with Gasteiger partial charge >= 0.3 is 0 Å². The summed E-state index contributed by atoms with van der Waals surface area (Å²) in [6.45, 7) is 8.35. The summed E-state index contributed by atoms with van der Waals surface area (Å²) in [7, 11) is 0. The number of hydrogen-bond acceptors (Lipinski definition) is 5. The Labute approximate surface area is 136 Å². The van der Waals surface area contributed by atoms with Crippen LogP contribution in [0.2, 0.25) is 0 Å². The van der Waals surface area contributed by atoms with Gasteiger partial charge in [-0.15, -0.1) is 10.2 Å². The second-order valence-corrected chi connectivity index (χ2v) is 8.52. The van der Waals surface area contributed by atoms with E-state index in [2.05, 4.69) is 41.2 Å². The van der Waals surface area contributed by atoms with Crippen LogP contribution in [0.5, 0.6) is 0 Å². The maximum absolute atomic E-state index is 12.1. The van der Waals surface area contributed by atoms with Gasteiger partial charge in [0.1, 0.15) is 5.01 Å². The van der Waals surface area contributed by atoms with Gasteiger partial charge in [0.15, 0.2) is 0 Å². The lowest BCUT2D eigenvalue weighted by atomic mass is 9.84. The minimum atomic E-state index is 0.0452. The van der Waals surface area contributed by atoms with E-state index in [1.807, 2.05) is 0 Å². The molecule has 1 saturated heterocycles. The molecule has 0 aromatic carbocycles. The van der Waals surface area contributed by atoms with Crippen molar-refractivity contribution in [3.05, 3.63) is 5.01 Å². The predicted octanol–water partition coefficient (Wildman–Crippen LogP) is 2.72. The third-order valence-electron chi connectivity index (χ3n) is 4.57. The molecule has 1 aliphatic carbocycles. The fourth-order valence-electron chi connectivity index (χ4n) is 2.90. The minimum Gasteiger partial charge on any atom is -0.351 e. The molecule has 22 heavy (non-hydrogen) atoms. The van der Waals surface area contributed by atoms with Crippen molar-refractivity contribution in [1.82, 2.24) is 15.5 Å². The molecule has 3 rings (SSSR count). The van der Waals surface area contributed by atoms with Gasteiger partial charge in [0, 0.05) is 30.5 Å². The number of piperidine rings is 1. The van der Waals surface area contributed by atoms with E-state index in [-0.39, 0.29) is 23.3 Å². The van der Waals surface area contributed by atoms with Crippen LogP contribution in [0.1, 0.15) is 57.9 Å². The molecule has 0 spiro atoms. The fraction of sp³-hybridized carbons (Fsp3) is 0.812. The normalized spacial score (nSPS) is 23.2. The van der Waals surface area contributed by atoms with Crippen LogP contribution in [-0.2, 0) is 10.2 Å². The zero-order valence-electron chi connectivity index (χ0n) is 13.8. The molecule has 0 radical (unpaired) electrons. The number of nitrogens with zero attached hydrogens (tertiary/aromatic N) is 3. The Morgan fingerprint density at radius 2 is 2.00 bits per heavy atom. The average Bonchev–Trinajstić information content (AvgIpc) is 2.86. The van der Waals surface area contributed by atoms with Gasteiger partial charge in [0.2, 0.25) is 11.0 Å². The predicted molar refractivity (Wildman–Crippen MR) is 89.3 cm³/mol. The maximum Gasteiger partial charge on any atom is 0.223 e. The summed E-state index contributed by atoms with van der Waals surface area (Å²) in [5.41, 5.74) is 0.0452. The van der Waals surface area contributed by atoms with Crippen molar-refractivity contribution in [2.75, 3.05) is 18.0 Å². The van der Waals surface area contributed by atoms with Gasteiger partial charge in [-0.25, -0.2) is 0 Å². The second kappa shape index (κ2) is 6.14. The molecule has 0 bridgehead atoms. The van der Waals surface area contributed by atoms with Crippen LogP contribution in [0.15, 0.2) is 0 Å². The minimum absolute atomic E-state index is 0.0452. The van der Waals surface area contributed by atoms with E-state index >= 15 is 0 Å². The monoisotopic (exact) mass is 322 g/mol. The van der Waals surface area contributed by atoms with Crippen molar-refractivity contribution in [3.8, 4) is 0 Å². The Bertz CT molecular complexity index is 532. The zero-order valence-corrected chi connectivity index (χ0v) is 14.6. The van der Waals surface area contributed by atoms with Gasteiger partial charge in [-0.05, 0) is 25.7 Å². The summed E-state index contributed by atoms with van der Waals surface area (Å²) >= 11 is 1.68. The summed E-state index contributed by atoms with van der Waals surface area (Å²) < 4.78 is 0. The number of hydrogen-bond donors (Lipinski definition) is 1. The Kier molecular flexibility index (Phi) is 4.39. The Morgan fingerprint density at radius 3 is 2.59 bits per heavy atom. The molecule has 1 aromatic heterocycles. The summed E-state index contributed by atoms with van der Waals surface area (Å²) in [6.07, 6.45) is 5.50. The van der Waals surface area contributed by atoms with E-state index in [4.69, 9.17) is 0 Å². The summed E-state index contributed by atoms with van der Waals surface area (Å²) in [6, 6.07) is 0.254. The largest absolute Gasteiger partial charge is 0.351 e. The Balaban J connectivity index is 1.60. The first kappa shape index (κ1) is 15.7. The van der Waals surface area contributed by atoms with Gasteiger partial charge in [-0.1, -0.05) is 38.5 Å². The Hall–Kier alpha value is -1.17. The molecule has 1 unspecified atom stereocenters. The van der Waals surface area contributed by atoms with E-state index in [1.54, 1.807) is 11.3 Å². The molecule has 2 fully saturated rings. The summed E-state index contributed by atoms with van der Waals surface area (Å²) in [5, 5.41) is 14.0. The number of carbonyl (C=O) groups is 1. The van der Waals surface area contributed by atoms with Gasteiger partial charge in [-0.2, -0.15) is 0 Å². The van der Waals surface area contributed by atoms with Crippen LogP contribution >= 0.6 is 11.3 Å². The van der Waals surface area contributed by atoms with Crippen molar-refractivity contribution in [1.29, 1.82) is 0 Å². The fourth-order valence-corrected chi connectivity index (χ4v) is 3.84. The van der Waals surface area contributed by atoms with Crippen LogP contribution in [0.25, 0.3) is 0 Å². The second-order valence-electron chi connectivity index (χ2n) is 7.56. The van der Waals surface area contributed by atoms with Gasteiger partial charge in [0.25, 0.3) is 0 Å². The van der Waals surface area contributed by atoms with Crippen LogP contribution in [0.4, 0.5) is 5.13 Å². The first-order chi connectivity index (χ1) is 10.4. The van der Waals surface area contributed by atoms with Gasteiger partial charge in [0.05, 0.1) is 0 Å². The highest BCUT2D eigenvalue weighted by molar-refractivity contribution is 7.15. The SMILES string of the molecule is CC(C)(C)c1nnc(N2CCCC(NC(=O)C3CCC3)C2)s1. The van der Waals surface area contributed by atoms with Crippen LogP contribution in [-0.4, -0.2) is 35.2 Å². The lowest BCUT2D eigenvalue weighted by molar-refractivity contribution is -0.128. The molecule has 6 heteroatoms. The lowest BCUT2D eigenvalue weighted by Gasteiger charge is -2.34. The van der Waals surface area contributed by atoms with Gasteiger partial charge in [-0.3, -0.25) is 4.79 Å². The number of amides is 1. The third-order valence-corrected chi connectivity index (χ3v) is 5.98. The number of anilines is 1. The number of nitrogens with one attached hydrogen (secondary N) is 1. The molecule has 1 N–H and O–H groups in total. The number of carbonyl (C=O) groups excluding carboxylic acids is 1. The number of aromatic nitrogens is 2. The van der Waals surface area contributed by atoms with Crippen LogP contribution in [0, 0.1) is 5.92 Å². The van der Waals surface area contributed by atoms with Crippen molar-refractivity contribution >= 4 is 22.4 Å². The Morgan fingerprint density at radius 1 is 1.23 bits per heavy atom. The van der Waals surface area contributed by atoms with Crippen molar-refractivity contribution in [2.45, 2.75) is 64.3 Å². The highest BCUT2D eigenvalue weighted by Gasteiger charge is 2.30. The molecule has 2 aliphatic rings. The molecular weight excluding hydrogens is 296 g/mol. The molecule has 1 atom stereocenters. The van der Waals surface area contributed by atoms with Crippen molar-refractivity contribution in [3.63, 3.8) is 0 Å². The highest BCUT2D eigenvalue weighted by atomic mass is 32.1. The zero-order chi connectivity index (χ0) is 15.7. The summed E-state index contributed by atoms with van der Waals surface area (Å²) in [4.78, 5) is 14.4. The maximum atomic E-state index is 12.1. The first-order valence-electron chi connectivity index (χ1n) is 8.33. The van der Waals surface area contributed by atoms with Crippen molar-refractivity contribution in [2.24, 2.45) is 5.92 Å². The van der Waals surface area contributed by atoms with E-state index in [0.29, 0.717) is 0 Å². The standard InChI is InChI=1S/C16H26N4OS/c1-16(2,3)14-18-19-15(22-14)20-9-5-8-12(10-20)17-13(21)11-6-4-7-11/h11-12H,4-10H2,1-3H3,(H,17,21). The number of rotatable bonds is 3. The molecule has 2 heterocycles. The smallest absolute Gasteiger partial charge is 0.223 e. The van der Waals surface area contributed by atoms with E-state index < -0.39 is 0 Å². The molecule has 122 valence electrons. The van der Waals surface area contributed by atoms with Gasteiger partial charge < -0.3 is 10.2 Å². The molecule has 1 saturated carbocycles. The first-order valence-corrected chi connectivity index (χ1v) is 9.14. The molecule has 5 nitrogen and oxygen atoms in total. The van der Waals surface area contributed by atoms with E-state index in [1.165, 1.54) is 6.42 Å². The van der Waals surface area contributed by atoms with Crippen molar-refractivity contribution < 1.29 is 4.79 Å². The van der Waals surface area contributed by atoms with Crippen LogP contribution < -0.4 is 10.2 Å². The van der Waals surface area contributed by atoms with E-state index in [9.17, 15) is 4.79 Å². The molecule has 1 amide bonds. The molecule has 1 aromatic rings. The topological polar surface area (TPSA) is 58.1 Å². The molecular formula is C16H26N4OS. The average molecular weight is 322 g/mol. The van der Waals surface area contributed by atoms with Crippen LogP contribution in [0.3, 0.4) is 0 Å². The van der Waals surface area contributed by atoms with E-state index in [0.717, 1.165) is 48.9 Å².